The Bertz CT molecular complexity index is 790. The van der Waals surface area contributed by atoms with Gasteiger partial charge in [-0.1, -0.05) is 29.8 Å². The van der Waals surface area contributed by atoms with Crippen molar-refractivity contribution in [2.75, 3.05) is 26.2 Å². The predicted octanol–water partition coefficient (Wildman–Crippen LogP) is 4.68. The van der Waals surface area contributed by atoms with E-state index in [0.29, 0.717) is 29.8 Å². The quantitative estimate of drug-likeness (QED) is 0.751. The van der Waals surface area contributed by atoms with Gasteiger partial charge in [-0.25, -0.2) is 4.39 Å². The Balaban J connectivity index is 2.02. The van der Waals surface area contributed by atoms with Crippen molar-refractivity contribution in [2.45, 2.75) is 19.3 Å². The van der Waals surface area contributed by atoms with Crippen LogP contribution in [0.15, 0.2) is 36.4 Å². The van der Waals surface area contributed by atoms with Crippen LogP contribution in [-0.2, 0) is 0 Å². The van der Waals surface area contributed by atoms with Gasteiger partial charge in [-0.2, -0.15) is 0 Å². The van der Waals surface area contributed by atoms with Crippen LogP contribution in [0.2, 0.25) is 5.02 Å². The van der Waals surface area contributed by atoms with E-state index in [2.05, 4.69) is 15.0 Å². The fourth-order valence-corrected chi connectivity index (χ4v) is 3.53. The highest BCUT2D eigenvalue weighted by Gasteiger charge is 2.32. The molecule has 146 valence electrons. The maximum atomic E-state index is 15.0. The molecule has 1 aliphatic rings. The molecule has 1 N–H and O–H groups in total. The third-order valence-corrected chi connectivity index (χ3v) is 4.87. The van der Waals surface area contributed by atoms with Gasteiger partial charge in [0.25, 0.3) is 0 Å². The molecular formula is C19H19ClF4N2O. The van der Waals surface area contributed by atoms with Gasteiger partial charge in [-0.05, 0) is 36.2 Å². The van der Waals surface area contributed by atoms with Crippen LogP contribution in [-0.4, -0.2) is 37.4 Å². The molecule has 0 spiro atoms. The summed E-state index contributed by atoms with van der Waals surface area (Å²) in [6.07, 6.45) is -4.76. The Morgan fingerprint density at radius 3 is 2.30 bits per heavy atom. The average Bonchev–Trinajstić information content (AvgIpc) is 2.62. The SMILES string of the molecule is Cc1ccc(Cl)c([C@@H](c2ccc(OC(F)(F)F)cc2)N2CCNCC2)c1F. The zero-order chi connectivity index (χ0) is 19.6. The molecule has 1 aliphatic heterocycles. The van der Waals surface area contributed by atoms with Crippen LogP contribution in [0.1, 0.15) is 22.7 Å². The van der Waals surface area contributed by atoms with Gasteiger partial charge < -0.3 is 10.1 Å². The maximum Gasteiger partial charge on any atom is 0.573 e. The molecule has 3 rings (SSSR count). The number of rotatable bonds is 4. The van der Waals surface area contributed by atoms with Crippen LogP contribution in [0, 0.1) is 12.7 Å². The number of alkyl halides is 3. The van der Waals surface area contributed by atoms with Crippen molar-refractivity contribution in [1.29, 1.82) is 0 Å². The van der Waals surface area contributed by atoms with Gasteiger partial charge in [0, 0.05) is 36.8 Å². The van der Waals surface area contributed by atoms with Crippen LogP contribution in [0.25, 0.3) is 0 Å². The normalized spacial score (nSPS) is 17.0. The van der Waals surface area contributed by atoms with Gasteiger partial charge >= 0.3 is 6.36 Å². The Morgan fingerprint density at radius 1 is 1.07 bits per heavy atom. The lowest BCUT2D eigenvalue weighted by molar-refractivity contribution is -0.274. The van der Waals surface area contributed by atoms with Crippen LogP contribution < -0.4 is 10.1 Å². The van der Waals surface area contributed by atoms with E-state index in [4.69, 9.17) is 11.6 Å². The summed E-state index contributed by atoms with van der Waals surface area (Å²) >= 11 is 6.33. The number of nitrogens with one attached hydrogen (secondary N) is 1. The van der Waals surface area contributed by atoms with E-state index in [-0.39, 0.29) is 10.8 Å². The van der Waals surface area contributed by atoms with E-state index < -0.39 is 18.2 Å². The Hall–Kier alpha value is -1.83. The molecule has 2 aromatic rings. The number of piperazine rings is 1. The van der Waals surface area contributed by atoms with E-state index in [1.54, 1.807) is 19.1 Å². The largest absolute Gasteiger partial charge is 0.573 e. The molecule has 0 unspecified atom stereocenters. The third-order valence-electron chi connectivity index (χ3n) is 4.54. The summed E-state index contributed by atoms with van der Waals surface area (Å²) in [7, 11) is 0. The van der Waals surface area contributed by atoms with E-state index in [0.717, 1.165) is 13.1 Å². The van der Waals surface area contributed by atoms with Gasteiger partial charge in [-0.15, -0.1) is 13.2 Å². The van der Waals surface area contributed by atoms with Gasteiger partial charge in [0.2, 0.25) is 0 Å². The summed E-state index contributed by atoms with van der Waals surface area (Å²) in [5.74, 6) is -0.720. The minimum Gasteiger partial charge on any atom is -0.406 e. The second-order valence-corrected chi connectivity index (χ2v) is 6.80. The lowest BCUT2D eigenvalue weighted by Gasteiger charge is -2.36. The highest BCUT2D eigenvalue weighted by Crippen LogP contribution is 2.37. The van der Waals surface area contributed by atoms with Gasteiger partial charge in [0.15, 0.2) is 0 Å². The predicted molar refractivity (Wildman–Crippen MR) is 95.6 cm³/mol. The molecule has 8 heteroatoms. The Morgan fingerprint density at radius 2 is 1.70 bits per heavy atom. The minimum atomic E-state index is -4.76. The average molecular weight is 403 g/mol. The Kier molecular flexibility index (Phi) is 5.93. The molecule has 2 aromatic carbocycles. The van der Waals surface area contributed by atoms with Crippen LogP contribution in [0.3, 0.4) is 0 Å². The first-order valence-electron chi connectivity index (χ1n) is 8.51. The van der Waals surface area contributed by atoms with Crippen molar-refractivity contribution >= 4 is 11.6 Å². The van der Waals surface area contributed by atoms with E-state index in [1.165, 1.54) is 24.3 Å². The summed E-state index contributed by atoms with van der Waals surface area (Å²) < 4.78 is 56.1. The zero-order valence-corrected chi connectivity index (χ0v) is 15.4. The molecule has 27 heavy (non-hydrogen) atoms. The summed E-state index contributed by atoms with van der Waals surface area (Å²) in [4.78, 5) is 2.07. The molecule has 0 amide bonds. The number of ether oxygens (including phenoxy) is 1. The molecule has 1 fully saturated rings. The fraction of sp³-hybridized carbons (Fsp3) is 0.368. The number of hydrogen-bond acceptors (Lipinski definition) is 3. The molecule has 3 nitrogen and oxygen atoms in total. The van der Waals surface area contributed by atoms with Crippen LogP contribution >= 0.6 is 11.6 Å². The van der Waals surface area contributed by atoms with Crippen molar-refractivity contribution in [3.8, 4) is 5.75 Å². The van der Waals surface area contributed by atoms with Gasteiger partial charge in [0.1, 0.15) is 11.6 Å². The minimum absolute atomic E-state index is 0.289. The van der Waals surface area contributed by atoms with Gasteiger partial charge in [0.05, 0.1) is 6.04 Å². The fourth-order valence-electron chi connectivity index (χ4n) is 3.28. The molecule has 1 heterocycles. The van der Waals surface area contributed by atoms with Crippen molar-refractivity contribution < 1.29 is 22.3 Å². The van der Waals surface area contributed by atoms with Crippen LogP contribution in [0.5, 0.6) is 5.75 Å². The van der Waals surface area contributed by atoms with Crippen molar-refractivity contribution in [2.24, 2.45) is 0 Å². The molecule has 0 aromatic heterocycles. The summed E-state index contributed by atoms with van der Waals surface area (Å²) in [5.41, 5.74) is 1.45. The van der Waals surface area contributed by atoms with Gasteiger partial charge in [-0.3, -0.25) is 4.90 Å². The summed E-state index contributed by atoms with van der Waals surface area (Å²) in [5, 5.41) is 3.52. The summed E-state index contributed by atoms with van der Waals surface area (Å²) in [6.45, 7) is 4.45. The molecular weight excluding hydrogens is 384 g/mol. The van der Waals surface area contributed by atoms with E-state index in [1.807, 2.05) is 0 Å². The second kappa shape index (κ2) is 8.04. The monoisotopic (exact) mass is 402 g/mol. The number of halogens is 5. The third kappa shape index (κ3) is 4.72. The molecule has 0 radical (unpaired) electrons. The molecule has 1 saturated heterocycles. The van der Waals surface area contributed by atoms with E-state index >= 15 is 0 Å². The lowest BCUT2D eigenvalue weighted by Crippen LogP contribution is -2.45. The second-order valence-electron chi connectivity index (χ2n) is 6.40. The standard InChI is InChI=1S/C19H19ClF4N2O/c1-12-2-7-15(20)16(17(12)21)18(26-10-8-25-9-11-26)13-3-5-14(6-4-13)27-19(22,23)24/h2-7,18,25H,8-11H2,1H3/t18-/m1/s1. The lowest BCUT2D eigenvalue weighted by atomic mass is 9.94. The number of aryl methyl sites for hydroxylation is 1. The zero-order valence-electron chi connectivity index (χ0n) is 14.6. The molecule has 0 bridgehead atoms. The first kappa shape index (κ1) is 19.9. The summed E-state index contributed by atoms with van der Waals surface area (Å²) in [6, 6.07) is 8.26. The van der Waals surface area contributed by atoms with Crippen LogP contribution in [0.4, 0.5) is 17.6 Å². The highest BCUT2D eigenvalue weighted by atomic mass is 35.5. The number of nitrogens with zero attached hydrogens (tertiary/aromatic N) is 1. The number of benzene rings is 2. The van der Waals surface area contributed by atoms with E-state index in [9.17, 15) is 17.6 Å². The Labute approximate surface area is 159 Å². The highest BCUT2D eigenvalue weighted by molar-refractivity contribution is 6.31. The molecule has 1 atom stereocenters. The maximum absolute atomic E-state index is 15.0. The van der Waals surface area contributed by atoms with Crippen molar-refractivity contribution in [1.82, 2.24) is 10.2 Å². The first-order valence-corrected chi connectivity index (χ1v) is 8.89. The van der Waals surface area contributed by atoms with Crippen molar-refractivity contribution in [3.05, 3.63) is 63.9 Å². The smallest absolute Gasteiger partial charge is 0.406 e. The molecule has 0 saturated carbocycles. The topological polar surface area (TPSA) is 24.5 Å². The van der Waals surface area contributed by atoms with Crippen molar-refractivity contribution in [3.63, 3.8) is 0 Å². The number of hydrogen-bond donors (Lipinski definition) is 1. The molecule has 0 aliphatic carbocycles. The first-order chi connectivity index (χ1) is 12.8.